The first kappa shape index (κ1) is 19.1. The second-order valence-corrected chi connectivity index (χ2v) is 7.45. The standard InChI is InChI=1S/C20H28O3S/c21-20(22)11-7-2-1-6-10-18-15-24-16-19(18)12-13-23-14-17-8-4-3-5-9-17/h1,3-6,8-9,18-19H,2,7,10-16H2,(H,21,22)/b6-1-/t18-,19+/m0/s1. The monoisotopic (exact) mass is 348 g/mol. The zero-order valence-electron chi connectivity index (χ0n) is 14.2. The highest BCUT2D eigenvalue weighted by molar-refractivity contribution is 7.99. The molecule has 4 heteroatoms. The number of benzene rings is 1. The van der Waals surface area contributed by atoms with Crippen molar-refractivity contribution in [1.82, 2.24) is 0 Å². The molecule has 0 saturated carbocycles. The number of hydrogen-bond acceptors (Lipinski definition) is 3. The van der Waals surface area contributed by atoms with E-state index in [0.29, 0.717) is 6.61 Å². The summed E-state index contributed by atoms with van der Waals surface area (Å²) in [5, 5.41) is 8.61. The van der Waals surface area contributed by atoms with Gasteiger partial charge in [0.1, 0.15) is 0 Å². The summed E-state index contributed by atoms with van der Waals surface area (Å²) in [7, 11) is 0. The van der Waals surface area contributed by atoms with Gasteiger partial charge >= 0.3 is 5.97 Å². The van der Waals surface area contributed by atoms with Crippen LogP contribution in [0.1, 0.15) is 37.7 Å². The van der Waals surface area contributed by atoms with E-state index in [9.17, 15) is 4.79 Å². The Balaban J connectivity index is 1.58. The van der Waals surface area contributed by atoms with Crippen molar-refractivity contribution in [3.63, 3.8) is 0 Å². The van der Waals surface area contributed by atoms with Crippen LogP contribution in [0.4, 0.5) is 0 Å². The molecule has 0 unspecified atom stereocenters. The quantitative estimate of drug-likeness (QED) is 0.462. The summed E-state index contributed by atoms with van der Waals surface area (Å²) in [4.78, 5) is 10.5. The fourth-order valence-electron chi connectivity index (χ4n) is 2.98. The molecule has 0 amide bonds. The van der Waals surface area contributed by atoms with Gasteiger partial charge in [0.05, 0.1) is 6.61 Å². The summed E-state index contributed by atoms with van der Waals surface area (Å²) >= 11 is 2.05. The molecule has 1 heterocycles. The average Bonchev–Trinajstić information content (AvgIpc) is 3.03. The predicted octanol–water partition coefficient (Wildman–Crippen LogP) is 4.77. The smallest absolute Gasteiger partial charge is 0.303 e. The fourth-order valence-corrected chi connectivity index (χ4v) is 4.57. The van der Waals surface area contributed by atoms with E-state index >= 15 is 0 Å². The van der Waals surface area contributed by atoms with Gasteiger partial charge in [0.25, 0.3) is 0 Å². The van der Waals surface area contributed by atoms with Crippen LogP contribution in [0, 0.1) is 11.8 Å². The van der Waals surface area contributed by atoms with Crippen molar-refractivity contribution in [2.24, 2.45) is 11.8 Å². The predicted molar refractivity (Wildman–Crippen MR) is 100 cm³/mol. The lowest BCUT2D eigenvalue weighted by atomic mass is 9.90. The minimum absolute atomic E-state index is 0.269. The molecule has 0 radical (unpaired) electrons. The molecular weight excluding hydrogens is 320 g/mol. The summed E-state index contributed by atoms with van der Waals surface area (Å²) in [6, 6.07) is 10.3. The molecule has 0 bridgehead atoms. The Hall–Kier alpha value is -1.26. The van der Waals surface area contributed by atoms with Crippen LogP contribution in [-0.2, 0) is 16.1 Å². The molecule has 0 aliphatic carbocycles. The van der Waals surface area contributed by atoms with Crippen LogP contribution < -0.4 is 0 Å². The van der Waals surface area contributed by atoms with E-state index in [1.165, 1.54) is 17.1 Å². The van der Waals surface area contributed by atoms with Gasteiger partial charge in [-0.25, -0.2) is 0 Å². The van der Waals surface area contributed by atoms with Crippen LogP contribution in [0.2, 0.25) is 0 Å². The van der Waals surface area contributed by atoms with Crippen LogP contribution in [0.3, 0.4) is 0 Å². The molecule has 1 fully saturated rings. The minimum atomic E-state index is -0.703. The second-order valence-electron chi connectivity index (χ2n) is 6.38. The summed E-state index contributed by atoms with van der Waals surface area (Å²) in [5.41, 5.74) is 1.24. The molecule has 0 spiro atoms. The number of hydrogen-bond donors (Lipinski definition) is 1. The number of allylic oxidation sites excluding steroid dienone is 2. The molecule has 3 nitrogen and oxygen atoms in total. The van der Waals surface area contributed by atoms with Crippen LogP contribution >= 0.6 is 11.8 Å². The highest BCUT2D eigenvalue weighted by Crippen LogP contribution is 2.34. The summed E-state index contributed by atoms with van der Waals surface area (Å²) in [6.07, 6.45) is 8.52. The number of unbranched alkanes of at least 4 members (excludes halogenated alkanes) is 1. The third kappa shape index (κ3) is 7.54. The largest absolute Gasteiger partial charge is 0.481 e. The van der Waals surface area contributed by atoms with E-state index < -0.39 is 5.97 Å². The number of carbonyl (C=O) groups is 1. The molecule has 1 aliphatic heterocycles. The Kier molecular flexibility index (Phi) is 9.00. The number of aliphatic carboxylic acids is 1. The first-order valence-electron chi connectivity index (χ1n) is 8.82. The lowest BCUT2D eigenvalue weighted by Crippen LogP contribution is -2.14. The molecule has 1 aliphatic rings. The molecule has 1 aromatic rings. The van der Waals surface area contributed by atoms with Crippen LogP contribution in [0.5, 0.6) is 0 Å². The maximum atomic E-state index is 10.5. The summed E-state index contributed by atoms with van der Waals surface area (Å²) in [6.45, 7) is 1.54. The van der Waals surface area contributed by atoms with Gasteiger partial charge in [0.15, 0.2) is 0 Å². The summed E-state index contributed by atoms with van der Waals surface area (Å²) in [5.74, 6) is 3.27. The van der Waals surface area contributed by atoms with E-state index in [0.717, 1.165) is 44.1 Å². The Labute approximate surface area is 149 Å². The molecule has 2 rings (SSSR count). The van der Waals surface area contributed by atoms with E-state index in [1.807, 2.05) is 30.0 Å². The highest BCUT2D eigenvalue weighted by Gasteiger charge is 2.26. The van der Waals surface area contributed by atoms with Crippen molar-refractivity contribution < 1.29 is 14.6 Å². The zero-order chi connectivity index (χ0) is 17.0. The van der Waals surface area contributed by atoms with Crippen molar-refractivity contribution >= 4 is 17.7 Å². The van der Waals surface area contributed by atoms with E-state index in [-0.39, 0.29) is 6.42 Å². The third-order valence-corrected chi connectivity index (χ3v) is 5.77. The first-order chi connectivity index (χ1) is 11.8. The van der Waals surface area contributed by atoms with Gasteiger partial charge in [-0.2, -0.15) is 11.8 Å². The van der Waals surface area contributed by atoms with Crippen LogP contribution in [0.25, 0.3) is 0 Å². The summed E-state index contributed by atoms with van der Waals surface area (Å²) < 4.78 is 5.83. The van der Waals surface area contributed by atoms with Crippen molar-refractivity contribution in [3.8, 4) is 0 Å². The molecule has 1 saturated heterocycles. The lowest BCUT2D eigenvalue weighted by molar-refractivity contribution is -0.137. The molecule has 1 N–H and O–H groups in total. The normalized spacial score (nSPS) is 20.7. The van der Waals surface area contributed by atoms with E-state index in [4.69, 9.17) is 9.84 Å². The zero-order valence-corrected chi connectivity index (χ0v) is 15.0. The SMILES string of the molecule is O=C(O)CCC/C=C\C[C@H]1CSC[C@H]1CCOCc1ccccc1. The number of rotatable bonds is 11. The van der Waals surface area contributed by atoms with Gasteiger partial charge in [0, 0.05) is 13.0 Å². The van der Waals surface area contributed by atoms with Crippen LogP contribution in [0.15, 0.2) is 42.5 Å². The van der Waals surface area contributed by atoms with Gasteiger partial charge in [-0.15, -0.1) is 0 Å². The van der Waals surface area contributed by atoms with Gasteiger partial charge in [-0.3, -0.25) is 4.79 Å². The molecule has 24 heavy (non-hydrogen) atoms. The minimum Gasteiger partial charge on any atom is -0.481 e. The molecule has 2 atom stereocenters. The number of carboxylic acid groups (broad SMARTS) is 1. The lowest BCUT2D eigenvalue weighted by Gasteiger charge is -2.17. The topological polar surface area (TPSA) is 46.5 Å². The number of ether oxygens (including phenoxy) is 1. The Bertz CT molecular complexity index is 501. The number of thioether (sulfide) groups is 1. The number of carboxylic acids is 1. The van der Waals surface area contributed by atoms with E-state index in [2.05, 4.69) is 24.3 Å². The third-order valence-electron chi connectivity index (χ3n) is 4.44. The average molecular weight is 349 g/mol. The van der Waals surface area contributed by atoms with Gasteiger partial charge in [-0.1, -0.05) is 42.5 Å². The van der Waals surface area contributed by atoms with Crippen molar-refractivity contribution in [3.05, 3.63) is 48.0 Å². The molecule has 0 aromatic heterocycles. The second kappa shape index (κ2) is 11.3. The molecule has 132 valence electrons. The Morgan fingerprint density at radius 2 is 2.00 bits per heavy atom. The fraction of sp³-hybridized carbons (Fsp3) is 0.550. The van der Waals surface area contributed by atoms with Gasteiger partial charge in [0.2, 0.25) is 0 Å². The van der Waals surface area contributed by atoms with Crippen LogP contribution in [-0.4, -0.2) is 29.2 Å². The van der Waals surface area contributed by atoms with Crippen molar-refractivity contribution in [2.75, 3.05) is 18.1 Å². The Morgan fingerprint density at radius 3 is 2.79 bits per heavy atom. The van der Waals surface area contributed by atoms with Crippen molar-refractivity contribution in [2.45, 2.75) is 38.7 Å². The maximum Gasteiger partial charge on any atom is 0.303 e. The highest BCUT2D eigenvalue weighted by atomic mass is 32.2. The first-order valence-corrected chi connectivity index (χ1v) is 9.97. The molecule has 1 aromatic carbocycles. The van der Waals surface area contributed by atoms with Crippen molar-refractivity contribution in [1.29, 1.82) is 0 Å². The Morgan fingerprint density at radius 1 is 1.21 bits per heavy atom. The molecular formula is C20H28O3S. The van der Waals surface area contributed by atoms with Gasteiger partial charge < -0.3 is 9.84 Å². The van der Waals surface area contributed by atoms with E-state index in [1.54, 1.807) is 0 Å². The maximum absolute atomic E-state index is 10.5. The van der Waals surface area contributed by atoms with Gasteiger partial charge in [-0.05, 0) is 54.6 Å².